The number of rotatable bonds is 5. The Morgan fingerprint density at radius 2 is 1.86 bits per heavy atom. The summed E-state index contributed by atoms with van der Waals surface area (Å²) in [6, 6.07) is 8.93. The molecule has 21 heavy (non-hydrogen) atoms. The Morgan fingerprint density at radius 1 is 1.24 bits per heavy atom. The molecule has 0 aliphatic carbocycles. The first-order valence-corrected chi connectivity index (χ1v) is 7.06. The van der Waals surface area contributed by atoms with Gasteiger partial charge >= 0.3 is 0 Å². The summed E-state index contributed by atoms with van der Waals surface area (Å²) in [7, 11) is 0. The van der Waals surface area contributed by atoms with Gasteiger partial charge in [0.1, 0.15) is 11.8 Å². The first-order valence-electron chi connectivity index (χ1n) is 7.06. The van der Waals surface area contributed by atoms with Gasteiger partial charge in [0.15, 0.2) is 6.61 Å². The van der Waals surface area contributed by atoms with Crippen LogP contribution in [0.2, 0.25) is 0 Å². The summed E-state index contributed by atoms with van der Waals surface area (Å²) in [5.74, 6) is 0.251. The van der Waals surface area contributed by atoms with E-state index < -0.39 is 0 Å². The fourth-order valence-electron chi connectivity index (χ4n) is 2.61. The van der Waals surface area contributed by atoms with Crippen LogP contribution in [0.25, 0.3) is 0 Å². The quantitative estimate of drug-likeness (QED) is 0.904. The molecule has 0 saturated heterocycles. The molecule has 0 saturated carbocycles. The molecule has 0 aromatic heterocycles. The lowest BCUT2D eigenvalue weighted by atomic mass is 9.82. The third kappa shape index (κ3) is 6.31. The van der Waals surface area contributed by atoms with E-state index in [0.29, 0.717) is 11.3 Å². The van der Waals surface area contributed by atoms with E-state index in [0.717, 1.165) is 6.42 Å². The van der Waals surface area contributed by atoms with Crippen LogP contribution in [0, 0.1) is 16.7 Å². The van der Waals surface area contributed by atoms with E-state index >= 15 is 0 Å². The van der Waals surface area contributed by atoms with Gasteiger partial charge in [-0.2, -0.15) is 5.26 Å². The molecule has 0 aliphatic heterocycles. The fourth-order valence-corrected chi connectivity index (χ4v) is 2.61. The van der Waals surface area contributed by atoms with Crippen molar-refractivity contribution in [3.8, 4) is 11.8 Å². The highest BCUT2D eigenvalue weighted by Gasteiger charge is 2.27. The summed E-state index contributed by atoms with van der Waals surface area (Å²) >= 11 is 0. The molecule has 1 aromatic rings. The van der Waals surface area contributed by atoms with E-state index in [9.17, 15) is 4.79 Å². The van der Waals surface area contributed by atoms with Crippen LogP contribution in [0.4, 0.5) is 0 Å². The SMILES string of the molecule is CC(C)(C)CC(C)(C)NC(=O)COc1ccccc1C#N. The standard InChI is InChI=1S/C17H24N2O2/c1-16(2,3)12-17(4,5)19-15(20)11-21-14-9-7-6-8-13(14)10-18/h6-9H,11-12H2,1-5H3,(H,19,20). The minimum Gasteiger partial charge on any atom is -0.482 e. The first kappa shape index (κ1) is 17.0. The van der Waals surface area contributed by atoms with E-state index in [4.69, 9.17) is 10.00 Å². The topological polar surface area (TPSA) is 62.1 Å². The van der Waals surface area contributed by atoms with Crippen LogP contribution in [0.1, 0.15) is 46.6 Å². The maximum Gasteiger partial charge on any atom is 0.258 e. The second kappa shape index (κ2) is 6.62. The van der Waals surface area contributed by atoms with Crippen molar-refractivity contribution in [3.05, 3.63) is 29.8 Å². The van der Waals surface area contributed by atoms with Crippen LogP contribution in [-0.2, 0) is 4.79 Å². The number of hydrogen-bond donors (Lipinski definition) is 1. The third-order valence-electron chi connectivity index (χ3n) is 2.82. The van der Waals surface area contributed by atoms with Crippen molar-refractivity contribution in [3.63, 3.8) is 0 Å². The lowest BCUT2D eigenvalue weighted by molar-refractivity contribution is -0.125. The lowest BCUT2D eigenvalue weighted by Crippen LogP contribution is -2.47. The summed E-state index contributed by atoms with van der Waals surface area (Å²) < 4.78 is 5.43. The Kier molecular flexibility index (Phi) is 5.37. The van der Waals surface area contributed by atoms with Crippen molar-refractivity contribution in [2.75, 3.05) is 6.61 Å². The van der Waals surface area contributed by atoms with E-state index in [-0.39, 0.29) is 23.5 Å². The van der Waals surface area contributed by atoms with Crippen molar-refractivity contribution < 1.29 is 9.53 Å². The van der Waals surface area contributed by atoms with Crippen LogP contribution >= 0.6 is 0 Å². The number of amides is 1. The van der Waals surface area contributed by atoms with E-state index in [1.54, 1.807) is 24.3 Å². The van der Waals surface area contributed by atoms with Gasteiger partial charge in [-0.3, -0.25) is 4.79 Å². The fraction of sp³-hybridized carbons (Fsp3) is 0.529. The van der Waals surface area contributed by atoms with Crippen LogP contribution in [-0.4, -0.2) is 18.1 Å². The number of ether oxygens (including phenoxy) is 1. The summed E-state index contributed by atoms with van der Waals surface area (Å²) in [4.78, 5) is 12.0. The zero-order valence-electron chi connectivity index (χ0n) is 13.5. The van der Waals surface area contributed by atoms with Gasteiger partial charge in [0.25, 0.3) is 5.91 Å². The summed E-state index contributed by atoms with van der Waals surface area (Å²) in [5.41, 5.74) is 0.262. The van der Waals surface area contributed by atoms with Gasteiger partial charge in [0.05, 0.1) is 5.56 Å². The molecule has 114 valence electrons. The molecule has 0 spiro atoms. The third-order valence-corrected chi connectivity index (χ3v) is 2.82. The van der Waals surface area contributed by atoms with Gasteiger partial charge in [-0.1, -0.05) is 32.9 Å². The minimum absolute atomic E-state index is 0.0910. The molecule has 0 radical (unpaired) electrons. The molecule has 4 nitrogen and oxygen atoms in total. The number of hydrogen-bond acceptors (Lipinski definition) is 3. The summed E-state index contributed by atoms with van der Waals surface area (Å²) in [6.45, 7) is 10.3. The Hall–Kier alpha value is -2.02. The maximum atomic E-state index is 12.0. The molecule has 0 heterocycles. The highest BCUT2D eigenvalue weighted by molar-refractivity contribution is 5.78. The van der Waals surface area contributed by atoms with E-state index in [1.165, 1.54) is 0 Å². The monoisotopic (exact) mass is 288 g/mol. The van der Waals surface area contributed by atoms with Gasteiger partial charge in [0, 0.05) is 5.54 Å². The lowest BCUT2D eigenvalue weighted by Gasteiger charge is -2.33. The average Bonchev–Trinajstić information content (AvgIpc) is 2.33. The highest BCUT2D eigenvalue weighted by atomic mass is 16.5. The van der Waals surface area contributed by atoms with Crippen molar-refractivity contribution in [1.29, 1.82) is 5.26 Å². The van der Waals surface area contributed by atoms with E-state index in [2.05, 4.69) is 26.1 Å². The average molecular weight is 288 g/mol. The number of para-hydroxylation sites is 1. The van der Waals surface area contributed by atoms with Crippen LogP contribution in [0.15, 0.2) is 24.3 Å². The smallest absolute Gasteiger partial charge is 0.258 e. The van der Waals surface area contributed by atoms with Gasteiger partial charge < -0.3 is 10.1 Å². The van der Waals surface area contributed by atoms with Crippen molar-refractivity contribution >= 4 is 5.91 Å². The molecule has 1 rings (SSSR count). The summed E-state index contributed by atoms with van der Waals surface area (Å²) in [6.07, 6.45) is 0.862. The van der Waals surface area contributed by atoms with Crippen LogP contribution in [0.5, 0.6) is 5.75 Å². The largest absolute Gasteiger partial charge is 0.482 e. The Bertz CT molecular complexity index is 536. The number of carbonyl (C=O) groups excluding carboxylic acids is 1. The Morgan fingerprint density at radius 3 is 2.43 bits per heavy atom. The van der Waals surface area contributed by atoms with Crippen molar-refractivity contribution in [2.45, 2.75) is 46.6 Å². The first-order chi connectivity index (χ1) is 9.63. The molecule has 0 unspecified atom stereocenters. The second-order valence-corrected chi connectivity index (χ2v) is 7.07. The Balaban J connectivity index is 2.57. The van der Waals surface area contributed by atoms with Gasteiger partial charge in [0.2, 0.25) is 0 Å². The number of nitrogens with one attached hydrogen (secondary N) is 1. The number of benzene rings is 1. The van der Waals surface area contributed by atoms with Crippen molar-refractivity contribution in [1.82, 2.24) is 5.32 Å². The maximum absolute atomic E-state index is 12.0. The number of carbonyl (C=O) groups is 1. The second-order valence-electron chi connectivity index (χ2n) is 7.07. The van der Waals surface area contributed by atoms with Crippen LogP contribution < -0.4 is 10.1 Å². The Labute approximate surface area is 127 Å². The molecule has 0 atom stereocenters. The van der Waals surface area contributed by atoms with Crippen molar-refractivity contribution in [2.24, 2.45) is 5.41 Å². The normalized spacial score (nSPS) is 11.6. The molecular weight excluding hydrogens is 264 g/mol. The van der Waals surface area contributed by atoms with Gasteiger partial charge in [-0.25, -0.2) is 0 Å². The van der Waals surface area contributed by atoms with Gasteiger partial charge in [-0.05, 0) is 37.8 Å². The predicted molar refractivity (Wildman–Crippen MR) is 82.9 cm³/mol. The molecule has 1 amide bonds. The molecule has 0 fully saturated rings. The van der Waals surface area contributed by atoms with E-state index in [1.807, 2.05) is 19.9 Å². The molecule has 4 heteroatoms. The number of nitriles is 1. The number of nitrogens with zero attached hydrogens (tertiary/aromatic N) is 1. The highest BCUT2D eigenvalue weighted by Crippen LogP contribution is 2.26. The molecule has 1 aromatic carbocycles. The summed E-state index contributed by atoms with van der Waals surface area (Å²) in [5, 5.41) is 11.9. The molecule has 1 N–H and O–H groups in total. The molecule has 0 aliphatic rings. The van der Waals surface area contributed by atoms with Gasteiger partial charge in [-0.15, -0.1) is 0 Å². The minimum atomic E-state index is -0.298. The zero-order valence-corrected chi connectivity index (χ0v) is 13.5. The van der Waals surface area contributed by atoms with Crippen LogP contribution in [0.3, 0.4) is 0 Å². The molecule has 0 bridgehead atoms. The zero-order chi connectivity index (χ0) is 16.1. The predicted octanol–water partition coefficient (Wildman–Crippen LogP) is 3.27. The molecular formula is C17H24N2O2.